The molecule has 98 valence electrons. The van der Waals surface area contributed by atoms with Crippen LogP contribution in [0.25, 0.3) is 11.3 Å². The lowest BCUT2D eigenvalue weighted by atomic mass is 10.0. The van der Waals surface area contributed by atoms with Gasteiger partial charge >= 0.3 is 0 Å². The van der Waals surface area contributed by atoms with Crippen molar-refractivity contribution in [3.05, 3.63) is 42.2 Å². The molecule has 0 spiro atoms. The molecule has 1 aliphatic rings. The summed E-state index contributed by atoms with van der Waals surface area (Å²) < 4.78 is 5.40. The lowest BCUT2D eigenvalue weighted by Crippen LogP contribution is -2.35. The highest BCUT2D eigenvalue weighted by atomic mass is 16.3. The first-order valence-corrected chi connectivity index (χ1v) is 6.70. The van der Waals surface area contributed by atoms with Crippen molar-refractivity contribution < 1.29 is 9.21 Å². The van der Waals surface area contributed by atoms with Gasteiger partial charge in [-0.2, -0.15) is 0 Å². The molecule has 3 nitrogen and oxygen atoms in total. The molecule has 0 bridgehead atoms. The number of anilines is 1. The summed E-state index contributed by atoms with van der Waals surface area (Å²) in [6.07, 6.45) is 4.44. The van der Waals surface area contributed by atoms with Crippen molar-refractivity contribution in [2.45, 2.75) is 26.2 Å². The highest BCUT2D eigenvalue weighted by molar-refractivity contribution is 5.95. The third-order valence-corrected chi connectivity index (χ3v) is 3.62. The van der Waals surface area contributed by atoms with E-state index in [1.807, 2.05) is 36.1 Å². The van der Waals surface area contributed by atoms with Crippen LogP contribution in [0.5, 0.6) is 0 Å². The quantitative estimate of drug-likeness (QED) is 0.818. The molecular weight excluding hydrogens is 238 g/mol. The van der Waals surface area contributed by atoms with Gasteiger partial charge in [0.25, 0.3) is 0 Å². The minimum absolute atomic E-state index is 0.236. The van der Waals surface area contributed by atoms with Gasteiger partial charge in [-0.25, -0.2) is 0 Å². The van der Waals surface area contributed by atoms with Crippen molar-refractivity contribution in [2.75, 3.05) is 11.4 Å². The number of amides is 1. The largest absolute Gasteiger partial charge is 0.464 e. The van der Waals surface area contributed by atoms with Crippen LogP contribution in [0.2, 0.25) is 0 Å². The molecular formula is C16H17NO2. The monoisotopic (exact) mass is 255 g/mol. The molecule has 19 heavy (non-hydrogen) atoms. The summed E-state index contributed by atoms with van der Waals surface area (Å²) in [5.41, 5.74) is 3.19. The van der Waals surface area contributed by atoms with Crippen LogP contribution in [0.4, 0.5) is 5.69 Å². The van der Waals surface area contributed by atoms with Gasteiger partial charge in [0.2, 0.25) is 5.91 Å². The molecule has 0 radical (unpaired) electrons. The first kappa shape index (κ1) is 12.0. The summed E-state index contributed by atoms with van der Waals surface area (Å²) in [7, 11) is 0. The summed E-state index contributed by atoms with van der Waals surface area (Å²) in [6, 6.07) is 9.95. The van der Waals surface area contributed by atoms with E-state index < -0.39 is 0 Å². The lowest BCUT2D eigenvalue weighted by Gasteiger charge is -2.28. The molecule has 0 saturated carbocycles. The highest BCUT2D eigenvalue weighted by Gasteiger charge is 2.21. The fourth-order valence-electron chi connectivity index (χ4n) is 2.61. The Morgan fingerprint density at radius 1 is 1.21 bits per heavy atom. The Kier molecular flexibility index (Phi) is 3.11. The van der Waals surface area contributed by atoms with Crippen LogP contribution < -0.4 is 4.90 Å². The van der Waals surface area contributed by atoms with E-state index >= 15 is 0 Å². The maximum atomic E-state index is 12.0. The van der Waals surface area contributed by atoms with Crippen LogP contribution in [0, 0.1) is 6.92 Å². The Balaban J connectivity index is 1.93. The second-order valence-corrected chi connectivity index (χ2v) is 4.98. The summed E-state index contributed by atoms with van der Waals surface area (Å²) in [4.78, 5) is 13.9. The zero-order chi connectivity index (χ0) is 13.2. The molecule has 3 rings (SSSR count). The molecule has 3 heteroatoms. The molecule has 1 aliphatic heterocycles. The van der Waals surface area contributed by atoms with Gasteiger partial charge in [0.15, 0.2) is 0 Å². The lowest BCUT2D eigenvalue weighted by molar-refractivity contribution is -0.119. The van der Waals surface area contributed by atoms with E-state index in [1.54, 1.807) is 6.26 Å². The minimum Gasteiger partial charge on any atom is -0.464 e. The van der Waals surface area contributed by atoms with Crippen molar-refractivity contribution >= 4 is 11.6 Å². The summed E-state index contributed by atoms with van der Waals surface area (Å²) >= 11 is 0. The molecule has 2 heterocycles. The second-order valence-electron chi connectivity index (χ2n) is 4.98. The first-order chi connectivity index (χ1) is 9.25. The Morgan fingerprint density at radius 3 is 2.79 bits per heavy atom. The highest BCUT2D eigenvalue weighted by Crippen LogP contribution is 2.29. The average molecular weight is 255 g/mol. The van der Waals surface area contributed by atoms with Crippen LogP contribution in [0.3, 0.4) is 0 Å². The Labute approximate surface area is 112 Å². The zero-order valence-corrected chi connectivity index (χ0v) is 11.1. The first-order valence-electron chi connectivity index (χ1n) is 6.70. The standard InChI is InChI=1S/C16H17NO2/c1-12-11-13(15-5-4-10-19-15)7-8-14(12)17-9-3-2-6-16(17)18/h4-5,7-8,10-11H,2-3,6,9H2,1H3. The third-order valence-electron chi connectivity index (χ3n) is 3.62. The van der Waals surface area contributed by atoms with Crippen LogP contribution >= 0.6 is 0 Å². The summed E-state index contributed by atoms with van der Waals surface area (Å²) in [6.45, 7) is 2.88. The smallest absolute Gasteiger partial charge is 0.226 e. The van der Waals surface area contributed by atoms with Gasteiger partial charge in [0, 0.05) is 24.2 Å². The second kappa shape index (κ2) is 4.92. The van der Waals surface area contributed by atoms with E-state index in [2.05, 4.69) is 6.07 Å². The molecule has 1 aromatic carbocycles. The predicted molar refractivity (Wildman–Crippen MR) is 75.1 cm³/mol. The van der Waals surface area contributed by atoms with E-state index in [0.717, 1.165) is 42.0 Å². The van der Waals surface area contributed by atoms with Gasteiger partial charge in [-0.15, -0.1) is 0 Å². The van der Waals surface area contributed by atoms with Crippen LogP contribution in [0.15, 0.2) is 41.0 Å². The summed E-state index contributed by atoms with van der Waals surface area (Å²) in [5, 5.41) is 0. The number of hydrogen-bond acceptors (Lipinski definition) is 2. The van der Waals surface area contributed by atoms with Crippen LogP contribution in [-0.2, 0) is 4.79 Å². The molecule has 0 atom stereocenters. The van der Waals surface area contributed by atoms with E-state index in [4.69, 9.17) is 4.42 Å². The fourth-order valence-corrected chi connectivity index (χ4v) is 2.61. The summed E-state index contributed by atoms with van der Waals surface area (Å²) in [5.74, 6) is 1.10. The predicted octanol–water partition coefficient (Wildman–Crippen LogP) is 3.77. The van der Waals surface area contributed by atoms with Gasteiger partial charge in [0.1, 0.15) is 5.76 Å². The average Bonchev–Trinajstić information content (AvgIpc) is 2.94. The van der Waals surface area contributed by atoms with Gasteiger partial charge in [0.05, 0.1) is 6.26 Å². The number of piperidine rings is 1. The number of aryl methyl sites for hydroxylation is 1. The van der Waals surface area contributed by atoms with Crippen molar-refractivity contribution in [3.8, 4) is 11.3 Å². The van der Waals surface area contributed by atoms with Gasteiger partial charge in [-0.05, 0) is 55.7 Å². The van der Waals surface area contributed by atoms with Crippen molar-refractivity contribution in [1.29, 1.82) is 0 Å². The molecule has 0 unspecified atom stereocenters. The number of rotatable bonds is 2. The van der Waals surface area contributed by atoms with Crippen molar-refractivity contribution in [3.63, 3.8) is 0 Å². The van der Waals surface area contributed by atoms with E-state index in [-0.39, 0.29) is 5.91 Å². The number of furan rings is 1. The Hall–Kier alpha value is -2.03. The maximum absolute atomic E-state index is 12.0. The van der Waals surface area contributed by atoms with E-state index in [1.165, 1.54) is 0 Å². The topological polar surface area (TPSA) is 33.5 Å². The minimum atomic E-state index is 0.236. The molecule has 1 fully saturated rings. The van der Waals surface area contributed by atoms with Gasteiger partial charge in [-0.1, -0.05) is 0 Å². The molecule has 1 saturated heterocycles. The maximum Gasteiger partial charge on any atom is 0.226 e. The Morgan fingerprint density at radius 2 is 2.11 bits per heavy atom. The molecule has 2 aromatic rings. The van der Waals surface area contributed by atoms with Crippen LogP contribution in [-0.4, -0.2) is 12.5 Å². The number of hydrogen-bond donors (Lipinski definition) is 0. The SMILES string of the molecule is Cc1cc(-c2ccco2)ccc1N1CCCCC1=O. The van der Waals surface area contributed by atoms with Crippen LogP contribution in [0.1, 0.15) is 24.8 Å². The van der Waals surface area contributed by atoms with Crippen molar-refractivity contribution in [1.82, 2.24) is 0 Å². The van der Waals surface area contributed by atoms with Crippen molar-refractivity contribution in [2.24, 2.45) is 0 Å². The molecule has 1 aromatic heterocycles. The third kappa shape index (κ3) is 2.28. The normalized spacial score (nSPS) is 15.8. The number of carbonyl (C=O) groups excluding carboxylic acids is 1. The van der Waals surface area contributed by atoms with E-state index in [9.17, 15) is 4.79 Å². The Bertz CT molecular complexity index is 587. The number of nitrogens with zero attached hydrogens (tertiary/aromatic N) is 1. The number of carbonyl (C=O) groups is 1. The molecule has 0 N–H and O–H groups in total. The van der Waals surface area contributed by atoms with Gasteiger partial charge in [-0.3, -0.25) is 4.79 Å². The molecule has 0 aliphatic carbocycles. The van der Waals surface area contributed by atoms with Gasteiger partial charge < -0.3 is 9.32 Å². The number of benzene rings is 1. The molecule has 1 amide bonds. The zero-order valence-electron chi connectivity index (χ0n) is 11.1. The van der Waals surface area contributed by atoms with E-state index in [0.29, 0.717) is 6.42 Å². The fraction of sp³-hybridized carbons (Fsp3) is 0.312.